The predicted molar refractivity (Wildman–Crippen MR) is 125 cm³/mol. The van der Waals surface area contributed by atoms with Crippen molar-refractivity contribution in [2.45, 2.75) is 38.0 Å². The lowest BCUT2D eigenvalue weighted by atomic mass is 10.1. The molecule has 1 fully saturated rings. The monoisotopic (exact) mass is 463 g/mol. The van der Waals surface area contributed by atoms with Crippen molar-refractivity contribution < 1.29 is 13.2 Å². The Balaban J connectivity index is 1.69. The third-order valence-electron chi connectivity index (χ3n) is 5.64. The Morgan fingerprint density at radius 3 is 2.32 bits per heavy atom. The molecule has 0 bridgehead atoms. The van der Waals surface area contributed by atoms with Crippen molar-refractivity contribution in [1.29, 1.82) is 0 Å². The van der Waals surface area contributed by atoms with Crippen LogP contribution >= 0.6 is 11.6 Å². The van der Waals surface area contributed by atoms with E-state index in [1.165, 1.54) is 54.0 Å². The second-order valence-corrected chi connectivity index (χ2v) is 10.00. The van der Waals surface area contributed by atoms with Crippen LogP contribution in [0.1, 0.15) is 42.6 Å². The van der Waals surface area contributed by atoms with Crippen molar-refractivity contribution in [2.24, 2.45) is 0 Å². The molecule has 2 aromatic carbocycles. The summed E-state index contributed by atoms with van der Waals surface area (Å²) in [5.41, 5.74) is 2.13. The SMILES string of the molecule is CCN(CC)S(=O)(=O)c1cc(C(=O)Nc2ccc(CCN3CCCC3)cc2)ccc1Cl. The van der Waals surface area contributed by atoms with Gasteiger partial charge in [0.2, 0.25) is 10.0 Å². The zero-order chi connectivity index (χ0) is 22.4. The molecule has 1 heterocycles. The number of sulfonamides is 1. The standard InChI is InChI=1S/C23H30ClN3O3S/c1-3-27(4-2)31(29,30)22-17-19(9-12-21(22)24)23(28)25-20-10-7-18(8-11-20)13-16-26-14-5-6-15-26/h7-12,17H,3-6,13-16H2,1-2H3,(H,25,28). The maximum atomic E-state index is 12.8. The zero-order valence-corrected chi connectivity index (χ0v) is 19.7. The average Bonchev–Trinajstić information content (AvgIpc) is 3.28. The van der Waals surface area contributed by atoms with Gasteiger partial charge in [-0.15, -0.1) is 0 Å². The summed E-state index contributed by atoms with van der Waals surface area (Å²) < 4.78 is 27.0. The lowest BCUT2D eigenvalue weighted by Crippen LogP contribution is -2.31. The molecule has 0 aromatic heterocycles. The van der Waals surface area contributed by atoms with Gasteiger partial charge in [0.25, 0.3) is 5.91 Å². The minimum atomic E-state index is -3.76. The van der Waals surface area contributed by atoms with E-state index >= 15 is 0 Å². The summed E-state index contributed by atoms with van der Waals surface area (Å²) in [6, 6.07) is 12.1. The Labute approximate surface area is 190 Å². The Kier molecular flexibility index (Phi) is 8.11. The normalized spacial score (nSPS) is 14.8. The Bertz CT molecular complexity index is 999. The van der Waals surface area contributed by atoms with Gasteiger partial charge in [-0.05, 0) is 68.2 Å². The molecule has 1 aliphatic heterocycles. The molecule has 3 rings (SSSR count). The van der Waals surface area contributed by atoms with Crippen molar-refractivity contribution in [3.05, 3.63) is 58.6 Å². The molecule has 0 saturated carbocycles. The maximum absolute atomic E-state index is 12.8. The van der Waals surface area contributed by atoms with Crippen molar-refractivity contribution in [2.75, 3.05) is 38.0 Å². The highest BCUT2D eigenvalue weighted by atomic mass is 35.5. The molecule has 1 N–H and O–H groups in total. The Morgan fingerprint density at radius 1 is 1.06 bits per heavy atom. The third kappa shape index (κ3) is 5.86. The number of carbonyl (C=O) groups is 1. The van der Waals surface area contributed by atoms with Crippen molar-refractivity contribution >= 4 is 33.2 Å². The first-order chi connectivity index (χ1) is 14.8. The van der Waals surface area contributed by atoms with E-state index in [4.69, 9.17) is 11.6 Å². The molecule has 8 heteroatoms. The fourth-order valence-corrected chi connectivity index (χ4v) is 5.75. The lowest BCUT2D eigenvalue weighted by Gasteiger charge is -2.19. The van der Waals surface area contributed by atoms with Crippen LogP contribution < -0.4 is 5.32 Å². The summed E-state index contributed by atoms with van der Waals surface area (Å²) in [6.07, 6.45) is 3.55. The lowest BCUT2D eigenvalue weighted by molar-refractivity contribution is 0.102. The molecule has 1 amide bonds. The molecule has 6 nitrogen and oxygen atoms in total. The Morgan fingerprint density at radius 2 is 1.71 bits per heavy atom. The fraction of sp³-hybridized carbons (Fsp3) is 0.435. The fourth-order valence-electron chi connectivity index (χ4n) is 3.80. The molecule has 0 aliphatic carbocycles. The van der Waals surface area contributed by atoms with Crippen molar-refractivity contribution in [1.82, 2.24) is 9.21 Å². The van der Waals surface area contributed by atoms with E-state index < -0.39 is 10.0 Å². The summed E-state index contributed by atoms with van der Waals surface area (Å²) in [5, 5.41) is 2.94. The molecule has 0 spiro atoms. The number of hydrogen-bond acceptors (Lipinski definition) is 4. The van der Waals surface area contributed by atoms with Crippen LogP contribution in [0.15, 0.2) is 47.4 Å². The van der Waals surface area contributed by atoms with Gasteiger partial charge in [0.1, 0.15) is 4.90 Å². The molecule has 168 valence electrons. The second kappa shape index (κ2) is 10.6. The largest absolute Gasteiger partial charge is 0.322 e. The maximum Gasteiger partial charge on any atom is 0.255 e. The number of amides is 1. The summed E-state index contributed by atoms with van der Waals surface area (Å²) in [6.45, 7) is 7.61. The van der Waals surface area contributed by atoms with Crippen molar-refractivity contribution in [3.8, 4) is 0 Å². The minimum Gasteiger partial charge on any atom is -0.322 e. The molecular weight excluding hydrogens is 434 g/mol. The van der Waals surface area contributed by atoms with Gasteiger partial charge in [0, 0.05) is 30.9 Å². The van der Waals surface area contributed by atoms with Crippen LogP contribution in [0.4, 0.5) is 5.69 Å². The Hall–Kier alpha value is -1.93. The number of carbonyl (C=O) groups excluding carboxylic acids is 1. The van der Waals surface area contributed by atoms with E-state index in [0.717, 1.165) is 13.0 Å². The van der Waals surface area contributed by atoms with Crippen LogP contribution in [-0.2, 0) is 16.4 Å². The number of likely N-dealkylation sites (tertiary alicyclic amines) is 1. The van der Waals surface area contributed by atoms with Gasteiger partial charge in [-0.25, -0.2) is 8.42 Å². The first-order valence-corrected chi connectivity index (χ1v) is 12.6. The number of nitrogens with zero attached hydrogens (tertiary/aromatic N) is 2. The summed E-state index contributed by atoms with van der Waals surface area (Å²) in [5.74, 6) is -0.377. The molecule has 1 saturated heterocycles. The predicted octanol–water partition coefficient (Wildman–Crippen LogP) is 4.26. The van der Waals surface area contributed by atoms with Crippen LogP contribution in [0.25, 0.3) is 0 Å². The van der Waals surface area contributed by atoms with E-state index in [1.54, 1.807) is 13.8 Å². The summed E-state index contributed by atoms with van der Waals surface area (Å²) in [4.78, 5) is 15.1. The molecular formula is C23H30ClN3O3S. The molecule has 0 radical (unpaired) electrons. The van der Waals surface area contributed by atoms with Crippen LogP contribution in [0.3, 0.4) is 0 Å². The van der Waals surface area contributed by atoms with Gasteiger partial charge in [-0.2, -0.15) is 4.31 Å². The number of rotatable bonds is 9. The van der Waals surface area contributed by atoms with Gasteiger partial charge < -0.3 is 10.2 Å². The molecule has 31 heavy (non-hydrogen) atoms. The van der Waals surface area contributed by atoms with Crippen LogP contribution in [-0.4, -0.2) is 56.3 Å². The van der Waals surface area contributed by atoms with E-state index in [0.29, 0.717) is 18.8 Å². The zero-order valence-electron chi connectivity index (χ0n) is 18.1. The number of hydrogen-bond donors (Lipinski definition) is 1. The minimum absolute atomic E-state index is 0.0530. The smallest absolute Gasteiger partial charge is 0.255 e. The van der Waals surface area contributed by atoms with Gasteiger partial charge in [-0.1, -0.05) is 37.6 Å². The average molecular weight is 464 g/mol. The van der Waals surface area contributed by atoms with Crippen LogP contribution in [0.5, 0.6) is 0 Å². The van der Waals surface area contributed by atoms with Gasteiger partial charge in [0.05, 0.1) is 5.02 Å². The second-order valence-electron chi connectivity index (χ2n) is 7.68. The highest BCUT2D eigenvalue weighted by Crippen LogP contribution is 2.26. The summed E-state index contributed by atoms with van der Waals surface area (Å²) >= 11 is 6.16. The van der Waals surface area contributed by atoms with Crippen LogP contribution in [0, 0.1) is 0 Å². The van der Waals surface area contributed by atoms with Crippen molar-refractivity contribution in [3.63, 3.8) is 0 Å². The van der Waals surface area contributed by atoms with E-state index in [1.807, 2.05) is 24.3 Å². The number of halogens is 1. The summed E-state index contributed by atoms with van der Waals surface area (Å²) in [7, 11) is -3.76. The topological polar surface area (TPSA) is 69.7 Å². The molecule has 2 aromatic rings. The molecule has 0 unspecified atom stereocenters. The highest BCUT2D eigenvalue weighted by Gasteiger charge is 2.25. The molecule has 1 aliphatic rings. The number of nitrogens with one attached hydrogen (secondary N) is 1. The first-order valence-electron chi connectivity index (χ1n) is 10.8. The van der Waals surface area contributed by atoms with Gasteiger partial charge >= 0.3 is 0 Å². The quantitative estimate of drug-likeness (QED) is 0.603. The third-order valence-corrected chi connectivity index (χ3v) is 8.18. The number of anilines is 1. The first kappa shape index (κ1) is 23.7. The van der Waals surface area contributed by atoms with Gasteiger partial charge in [-0.3, -0.25) is 4.79 Å². The van der Waals surface area contributed by atoms with E-state index in [2.05, 4.69) is 10.2 Å². The van der Waals surface area contributed by atoms with E-state index in [9.17, 15) is 13.2 Å². The van der Waals surface area contributed by atoms with Gasteiger partial charge in [0.15, 0.2) is 0 Å². The van der Waals surface area contributed by atoms with Crippen LogP contribution in [0.2, 0.25) is 5.02 Å². The molecule has 0 atom stereocenters. The highest BCUT2D eigenvalue weighted by molar-refractivity contribution is 7.89. The number of benzene rings is 2. The van der Waals surface area contributed by atoms with E-state index in [-0.39, 0.29) is 21.4 Å².